The summed E-state index contributed by atoms with van der Waals surface area (Å²) in [5.74, 6) is -1.69. The zero-order valence-corrected chi connectivity index (χ0v) is 9.64. The van der Waals surface area contributed by atoms with Crippen LogP contribution in [0.2, 0.25) is 0 Å². The molecule has 3 nitrogen and oxygen atoms in total. The average molecular weight is 245 g/mol. The van der Waals surface area contributed by atoms with Crippen molar-refractivity contribution in [2.24, 2.45) is 0 Å². The molecule has 0 fully saturated rings. The van der Waals surface area contributed by atoms with Crippen LogP contribution in [0.4, 0.5) is 4.39 Å². The summed E-state index contributed by atoms with van der Waals surface area (Å²) in [6.07, 6.45) is 0. The largest absolute Gasteiger partial charge is 0.545 e. The van der Waals surface area contributed by atoms with Gasteiger partial charge >= 0.3 is 0 Å². The van der Waals surface area contributed by atoms with Crippen LogP contribution in [0.1, 0.15) is 10.4 Å². The highest BCUT2D eigenvalue weighted by molar-refractivity contribution is 5.94. The lowest BCUT2D eigenvalue weighted by Crippen LogP contribution is -2.22. The second-order valence-corrected chi connectivity index (χ2v) is 3.68. The smallest absolute Gasteiger partial charge is 0.165 e. The van der Waals surface area contributed by atoms with Crippen LogP contribution in [-0.2, 0) is 0 Å². The van der Waals surface area contributed by atoms with Gasteiger partial charge in [-0.3, -0.25) is 0 Å². The summed E-state index contributed by atoms with van der Waals surface area (Å²) >= 11 is 0. The Labute approximate surface area is 103 Å². The molecule has 0 aliphatic rings. The maximum absolute atomic E-state index is 13.3. The van der Waals surface area contributed by atoms with Gasteiger partial charge in [-0.05, 0) is 23.3 Å². The summed E-state index contributed by atoms with van der Waals surface area (Å²) in [5, 5.41) is 11.0. The van der Waals surface area contributed by atoms with Crippen LogP contribution in [0.3, 0.4) is 0 Å². The number of carbonyl (C=O) groups excluding carboxylic acids is 1. The van der Waals surface area contributed by atoms with E-state index in [2.05, 4.69) is 0 Å². The fraction of sp³-hybridized carbons (Fsp3) is 0.0714. The third-order valence-electron chi connectivity index (χ3n) is 2.61. The molecular weight excluding hydrogens is 235 g/mol. The van der Waals surface area contributed by atoms with E-state index < -0.39 is 11.8 Å². The monoisotopic (exact) mass is 245 g/mol. The summed E-state index contributed by atoms with van der Waals surface area (Å²) in [7, 11) is 1.35. The molecule has 0 radical (unpaired) electrons. The average Bonchev–Trinajstić information content (AvgIpc) is 2.39. The zero-order chi connectivity index (χ0) is 13.1. The van der Waals surface area contributed by atoms with E-state index in [1.54, 1.807) is 18.2 Å². The predicted octanol–water partition coefficient (Wildman–Crippen LogP) is 1.86. The molecule has 0 spiro atoms. The van der Waals surface area contributed by atoms with Crippen LogP contribution in [0.25, 0.3) is 11.1 Å². The Hall–Kier alpha value is -2.36. The second-order valence-electron chi connectivity index (χ2n) is 3.68. The van der Waals surface area contributed by atoms with Gasteiger partial charge < -0.3 is 14.6 Å². The summed E-state index contributed by atoms with van der Waals surface area (Å²) in [4.78, 5) is 11.0. The first kappa shape index (κ1) is 12.1. The molecule has 0 aromatic heterocycles. The summed E-state index contributed by atoms with van der Waals surface area (Å²) in [6, 6.07) is 10.6. The molecule has 2 aromatic rings. The van der Waals surface area contributed by atoms with E-state index in [4.69, 9.17) is 4.74 Å². The molecule has 4 heteroatoms. The number of carboxylic acid groups (broad SMARTS) is 1. The first-order chi connectivity index (χ1) is 8.63. The van der Waals surface area contributed by atoms with E-state index in [9.17, 15) is 14.3 Å². The number of halogens is 1. The summed E-state index contributed by atoms with van der Waals surface area (Å²) in [5.41, 5.74) is 1.09. The molecule has 2 aromatic carbocycles. The Morgan fingerprint density at radius 2 is 1.94 bits per heavy atom. The van der Waals surface area contributed by atoms with Gasteiger partial charge in [0.2, 0.25) is 0 Å². The van der Waals surface area contributed by atoms with E-state index in [1.807, 2.05) is 0 Å². The third-order valence-corrected chi connectivity index (χ3v) is 2.61. The Morgan fingerprint density at radius 3 is 2.61 bits per heavy atom. The first-order valence-electron chi connectivity index (χ1n) is 5.27. The minimum atomic E-state index is -1.27. The van der Waals surface area contributed by atoms with Crippen molar-refractivity contribution in [2.45, 2.75) is 0 Å². The van der Waals surface area contributed by atoms with Gasteiger partial charge in [-0.15, -0.1) is 0 Å². The number of rotatable bonds is 3. The number of aromatic carboxylic acids is 1. The minimum Gasteiger partial charge on any atom is -0.545 e. The highest BCUT2D eigenvalue weighted by Crippen LogP contribution is 2.28. The summed E-state index contributed by atoms with van der Waals surface area (Å²) in [6.45, 7) is 0. The van der Waals surface area contributed by atoms with Gasteiger partial charge in [-0.2, -0.15) is 0 Å². The van der Waals surface area contributed by atoms with Crippen LogP contribution >= 0.6 is 0 Å². The Bertz CT molecular complexity index is 593. The maximum Gasteiger partial charge on any atom is 0.165 e. The van der Waals surface area contributed by atoms with Crippen LogP contribution < -0.4 is 9.84 Å². The van der Waals surface area contributed by atoms with Crippen molar-refractivity contribution in [3.63, 3.8) is 0 Å². The number of ether oxygens (including phenoxy) is 1. The number of methoxy groups -OCH3 is 1. The fourth-order valence-electron chi connectivity index (χ4n) is 1.74. The molecular formula is C14H10FO3-. The van der Waals surface area contributed by atoms with Crippen molar-refractivity contribution in [3.8, 4) is 16.9 Å². The predicted molar refractivity (Wildman–Crippen MR) is 62.7 cm³/mol. The molecule has 2 rings (SSSR count). The van der Waals surface area contributed by atoms with Gasteiger partial charge in [-0.25, -0.2) is 4.39 Å². The Balaban J connectivity index is 2.58. The zero-order valence-electron chi connectivity index (χ0n) is 9.64. The number of carbonyl (C=O) groups is 1. The fourth-order valence-corrected chi connectivity index (χ4v) is 1.74. The normalized spacial score (nSPS) is 10.1. The van der Waals surface area contributed by atoms with Gasteiger partial charge in [0.1, 0.15) is 0 Å². The van der Waals surface area contributed by atoms with Crippen molar-refractivity contribution in [2.75, 3.05) is 7.11 Å². The van der Waals surface area contributed by atoms with Gasteiger partial charge in [0.25, 0.3) is 0 Å². The molecule has 0 bridgehead atoms. The van der Waals surface area contributed by atoms with Gasteiger partial charge in [0.05, 0.1) is 13.1 Å². The molecule has 18 heavy (non-hydrogen) atoms. The number of carboxylic acids is 1. The van der Waals surface area contributed by atoms with Crippen LogP contribution in [0, 0.1) is 5.82 Å². The molecule has 0 N–H and O–H groups in total. The van der Waals surface area contributed by atoms with E-state index >= 15 is 0 Å². The topological polar surface area (TPSA) is 49.4 Å². The van der Waals surface area contributed by atoms with E-state index in [0.29, 0.717) is 11.1 Å². The Morgan fingerprint density at radius 1 is 1.22 bits per heavy atom. The summed E-state index contributed by atoms with van der Waals surface area (Å²) < 4.78 is 18.2. The van der Waals surface area contributed by atoms with Crippen LogP contribution in [0.5, 0.6) is 5.75 Å². The SMILES string of the molecule is COc1cc(-c2ccccc2C(=O)[O-])ccc1F. The molecule has 0 unspecified atom stereocenters. The van der Waals surface area contributed by atoms with Crippen molar-refractivity contribution >= 4 is 5.97 Å². The lowest BCUT2D eigenvalue weighted by atomic mass is 9.99. The standard InChI is InChI=1S/C14H11FO3/c1-18-13-8-9(6-7-12(13)15)10-4-2-3-5-11(10)14(16)17/h2-8H,1H3,(H,16,17)/p-1. The van der Waals surface area contributed by atoms with E-state index in [0.717, 1.165) is 0 Å². The molecule has 92 valence electrons. The van der Waals surface area contributed by atoms with Crippen LogP contribution in [0.15, 0.2) is 42.5 Å². The van der Waals surface area contributed by atoms with Crippen molar-refractivity contribution in [1.29, 1.82) is 0 Å². The molecule has 0 saturated heterocycles. The van der Waals surface area contributed by atoms with Gasteiger partial charge in [0, 0.05) is 5.56 Å². The maximum atomic E-state index is 13.3. The lowest BCUT2D eigenvalue weighted by Gasteiger charge is -2.11. The minimum absolute atomic E-state index is 0.0613. The molecule has 0 aliphatic carbocycles. The molecule has 0 aliphatic heterocycles. The Kier molecular flexibility index (Phi) is 3.28. The molecule has 0 atom stereocenters. The van der Waals surface area contributed by atoms with Crippen molar-refractivity contribution in [3.05, 3.63) is 53.8 Å². The highest BCUT2D eigenvalue weighted by atomic mass is 19.1. The third kappa shape index (κ3) is 2.18. The van der Waals surface area contributed by atoms with E-state index in [-0.39, 0.29) is 11.3 Å². The van der Waals surface area contributed by atoms with Crippen molar-refractivity contribution in [1.82, 2.24) is 0 Å². The van der Waals surface area contributed by atoms with Crippen molar-refractivity contribution < 1.29 is 19.0 Å². The lowest BCUT2D eigenvalue weighted by molar-refractivity contribution is -0.254. The highest BCUT2D eigenvalue weighted by Gasteiger charge is 2.09. The number of hydrogen-bond acceptors (Lipinski definition) is 3. The molecule has 0 saturated carbocycles. The van der Waals surface area contributed by atoms with Crippen LogP contribution in [-0.4, -0.2) is 13.1 Å². The van der Waals surface area contributed by atoms with E-state index in [1.165, 1.54) is 31.4 Å². The quantitative estimate of drug-likeness (QED) is 0.829. The molecule has 0 heterocycles. The number of hydrogen-bond donors (Lipinski definition) is 0. The number of benzene rings is 2. The molecule has 0 amide bonds. The first-order valence-corrected chi connectivity index (χ1v) is 5.27. The van der Waals surface area contributed by atoms with Gasteiger partial charge in [0.15, 0.2) is 11.6 Å². The van der Waals surface area contributed by atoms with Gasteiger partial charge in [-0.1, -0.05) is 30.3 Å². The second kappa shape index (κ2) is 4.87.